The van der Waals surface area contributed by atoms with Gasteiger partial charge in [0.05, 0.1) is 17.0 Å². The molecule has 0 radical (unpaired) electrons. The van der Waals surface area contributed by atoms with Crippen LogP contribution in [0.15, 0.2) is 72.8 Å². The Kier molecular flexibility index (Phi) is 5.84. The third-order valence-corrected chi connectivity index (χ3v) is 5.22. The van der Waals surface area contributed by atoms with Crippen molar-refractivity contribution in [2.75, 3.05) is 6.54 Å². The summed E-state index contributed by atoms with van der Waals surface area (Å²) in [5.41, 5.74) is 4.14. The average molecular weight is 396 g/mol. The number of hydrogen-bond acceptors (Lipinski definition) is 3. The van der Waals surface area contributed by atoms with Gasteiger partial charge in [0, 0.05) is 12.1 Å². The summed E-state index contributed by atoms with van der Waals surface area (Å²) in [4.78, 5) is 22.1. The fourth-order valence-corrected chi connectivity index (χ4v) is 3.76. The van der Waals surface area contributed by atoms with Crippen molar-refractivity contribution in [3.05, 3.63) is 95.4 Å². The minimum absolute atomic E-state index is 0.122. The van der Waals surface area contributed by atoms with E-state index in [-0.39, 0.29) is 5.91 Å². The summed E-state index contributed by atoms with van der Waals surface area (Å²) < 4.78 is 0. The molecule has 1 N–H and O–H groups in total. The molecule has 1 aromatic heterocycles. The molecule has 0 spiro atoms. The number of amides is 1. The van der Waals surface area contributed by atoms with Crippen molar-refractivity contribution in [2.45, 2.75) is 26.7 Å². The van der Waals surface area contributed by atoms with E-state index in [0.717, 1.165) is 29.2 Å². The van der Waals surface area contributed by atoms with Crippen molar-refractivity contribution in [3.8, 4) is 11.3 Å². The second-order valence-corrected chi connectivity index (χ2v) is 7.49. The highest BCUT2D eigenvalue weighted by atomic mass is 16.1. The normalized spacial score (nSPS) is 10.9. The average Bonchev–Trinajstić information content (AvgIpc) is 2.76. The van der Waals surface area contributed by atoms with Gasteiger partial charge in [-0.25, -0.2) is 9.97 Å². The van der Waals surface area contributed by atoms with E-state index < -0.39 is 0 Å². The first kappa shape index (κ1) is 19.8. The summed E-state index contributed by atoms with van der Waals surface area (Å²) in [5, 5.41) is 5.34. The molecule has 30 heavy (non-hydrogen) atoms. The van der Waals surface area contributed by atoms with Gasteiger partial charge in [0.25, 0.3) is 5.91 Å². The Labute approximate surface area is 177 Å². The van der Waals surface area contributed by atoms with Crippen LogP contribution in [0.5, 0.6) is 0 Å². The molecule has 0 aliphatic carbocycles. The van der Waals surface area contributed by atoms with E-state index in [1.807, 2.05) is 50.2 Å². The maximum atomic E-state index is 13.1. The van der Waals surface area contributed by atoms with Gasteiger partial charge in [0.1, 0.15) is 5.82 Å². The highest BCUT2D eigenvalue weighted by Gasteiger charge is 2.19. The molecule has 4 nitrogen and oxygen atoms in total. The topological polar surface area (TPSA) is 54.9 Å². The molecule has 0 aliphatic heterocycles. The summed E-state index contributed by atoms with van der Waals surface area (Å²) in [6.07, 6.45) is 1.81. The van der Waals surface area contributed by atoms with Gasteiger partial charge in [-0.05, 0) is 49.1 Å². The number of hydrogen-bond donors (Lipinski definition) is 1. The van der Waals surface area contributed by atoms with Gasteiger partial charge < -0.3 is 5.32 Å². The lowest BCUT2D eigenvalue weighted by Gasteiger charge is -2.13. The van der Waals surface area contributed by atoms with Crippen LogP contribution in [0.25, 0.3) is 22.0 Å². The van der Waals surface area contributed by atoms with Crippen LogP contribution in [0, 0.1) is 13.8 Å². The van der Waals surface area contributed by atoms with Crippen molar-refractivity contribution >= 4 is 16.7 Å². The molecule has 0 unspecified atom stereocenters. The number of benzene rings is 3. The van der Waals surface area contributed by atoms with Gasteiger partial charge in [-0.2, -0.15) is 0 Å². The molecule has 0 saturated heterocycles. The molecule has 0 aliphatic rings. The first-order chi connectivity index (χ1) is 14.6. The third-order valence-electron chi connectivity index (χ3n) is 5.22. The molecule has 0 fully saturated rings. The molecule has 1 heterocycles. The lowest BCUT2D eigenvalue weighted by atomic mass is 10.00. The Morgan fingerprint density at radius 3 is 2.40 bits per heavy atom. The Morgan fingerprint density at radius 1 is 0.867 bits per heavy atom. The summed E-state index contributed by atoms with van der Waals surface area (Å²) >= 11 is 0. The molecule has 1 amide bonds. The van der Waals surface area contributed by atoms with Crippen molar-refractivity contribution in [3.63, 3.8) is 0 Å². The molecule has 0 bridgehead atoms. The minimum atomic E-state index is -0.122. The first-order valence-electron chi connectivity index (χ1n) is 10.3. The van der Waals surface area contributed by atoms with Gasteiger partial charge in [0.2, 0.25) is 0 Å². The van der Waals surface area contributed by atoms with Crippen LogP contribution in [0.4, 0.5) is 0 Å². The fraction of sp³-hybridized carbons (Fsp3) is 0.192. The van der Waals surface area contributed by atoms with E-state index in [0.29, 0.717) is 29.3 Å². The standard InChI is InChI=1S/C26H25N3O/c1-18-24(26(30)27-16-8-11-20-9-4-3-5-10-20)25(29-19(2)28-18)23-15-14-21-12-6-7-13-22(21)17-23/h3-7,9-10,12-15,17H,8,11,16H2,1-2H3,(H,27,30). The number of carbonyl (C=O) groups excluding carboxylic acids is 1. The molecule has 150 valence electrons. The van der Waals surface area contributed by atoms with Crippen LogP contribution in [0.2, 0.25) is 0 Å². The Balaban J connectivity index is 1.57. The van der Waals surface area contributed by atoms with E-state index in [9.17, 15) is 4.79 Å². The minimum Gasteiger partial charge on any atom is -0.352 e. The van der Waals surface area contributed by atoms with Crippen molar-refractivity contribution in [1.29, 1.82) is 0 Å². The van der Waals surface area contributed by atoms with Gasteiger partial charge in [-0.15, -0.1) is 0 Å². The summed E-state index contributed by atoms with van der Waals surface area (Å²) in [6, 6.07) is 24.7. The Morgan fingerprint density at radius 2 is 1.60 bits per heavy atom. The SMILES string of the molecule is Cc1nc(C)c(C(=O)NCCCc2ccccc2)c(-c2ccc3ccccc3c2)n1. The fourth-order valence-electron chi connectivity index (χ4n) is 3.76. The zero-order valence-corrected chi connectivity index (χ0v) is 17.4. The number of carbonyl (C=O) groups is 1. The summed E-state index contributed by atoms with van der Waals surface area (Å²) in [7, 11) is 0. The number of nitrogens with zero attached hydrogens (tertiary/aromatic N) is 2. The molecule has 0 atom stereocenters. The van der Waals surface area contributed by atoms with Crippen LogP contribution in [-0.4, -0.2) is 22.4 Å². The largest absolute Gasteiger partial charge is 0.352 e. The molecule has 4 aromatic rings. The number of fused-ring (bicyclic) bond motifs is 1. The monoisotopic (exact) mass is 395 g/mol. The van der Waals surface area contributed by atoms with Gasteiger partial charge >= 0.3 is 0 Å². The predicted octanol–water partition coefficient (Wildman–Crippen LogP) is 5.28. The van der Waals surface area contributed by atoms with Gasteiger partial charge in [0.15, 0.2) is 0 Å². The molecule has 3 aromatic carbocycles. The molecule has 4 rings (SSSR count). The second kappa shape index (κ2) is 8.87. The van der Waals surface area contributed by atoms with Crippen molar-refractivity contribution < 1.29 is 4.79 Å². The number of aromatic nitrogens is 2. The van der Waals surface area contributed by atoms with Gasteiger partial charge in [-0.1, -0.05) is 66.7 Å². The highest BCUT2D eigenvalue weighted by molar-refractivity contribution is 6.01. The third kappa shape index (κ3) is 4.38. The lowest BCUT2D eigenvalue weighted by Crippen LogP contribution is -2.27. The van der Waals surface area contributed by atoms with Crippen LogP contribution in [0.3, 0.4) is 0 Å². The van der Waals surface area contributed by atoms with Crippen LogP contribution >= 0.6 is 0 Å². The first-order valence-corrected chi connectivity index (χ1v) is 10.3. The number of aryl methyl sites for hydroxylation is 3. The number of rotatable bonds is 6. The van der Waals surface area contributed by atoms with Crippen molar-refractivity contribution in [2.24, 2.45) is 0 Å². The van der Waals surface area contributed by atoms with E-state index in [4.69, 9.17) is 0 Å². The van der Waals surface area contributed by atoms with Crippen LogP contribution < -0.4 is 5.32 Å². The second-order valence-electron chi connectivity index (χ2n) is 7.49. The zero-order valence-electron chi connectivity index (χ0n) is 17.4. The number of nitrogens with one attached hydrogen (secondary N) is 1. The molecular formula is C26H25N3O. The van der Waals surface area contributed by atoms with E-state index in [1.165, 1.54) is 5.56 Å². The Hall–Kier alpha value is -3.53. The van der Waals surface area contributed by atoms with Gasteiger partial charge in [-0.3, -0.25) is 4.79 Å². The maximum absolute atomic E-state index is 13.1. The van der Waals surface area contributed by atoms with Crippen LogP contribution in [-0.2, 0) is 6.42 Å². The highest BCUT2D eigenvalue weighted by Crippen LogP contribution is 2.27. The zero-order chi connectivity index (χ0) is 20.9. The Bertz CT molecular complexity index is 1190. The smallest absolute Gasteiger partial charge is 0.255 e. The lowest BCUT2D eigenvalue weighted by molar-refractivity contribution is 0.0952. The van der Waals surface area contributed by atoms with E-state index in [2.05, 4.69) is 51.7 Å². The van der Waals surface area contributed by atoms with Crippen molar-refractivity contribution in [1.82, 2.24) is 15.3 Å². The summed E-state index contributed by atoms with van der Waals surface area (Å²) in [5.74, 6) is 0.542. The van der Waals surface area contributed by atoms with E-state index >= 15 is 0 Å². The van der Waals surface area contributed by atoms with E-state index in [1.54, 1.807) is 0 Å². The predicted molar refractivity (Wildman–Crippen MR) is 122 cm³/mol. The maximum Gasteiger partial charge on any atom is 0.255 e. The summed E-state index contributed by atoms with van der Waals surface area (Å²) in [6.45, 7) is 4.34. The van der Waals surface area contributed by atoms with Crippen LogP contribution in [0.1, 0.15) is 33.9 Å². The molecule has 0 saturated carbocycles. The molecular weight excluding hydrogens is 370 g/mol. The quantitative estimate of drug-likeness (QED) is 0.452. The molecule has 4 heteroatoms.